The van der Waals surface area contributed by atoms with Gasteiger partial charge in [-0.2, -0.15) is 0 Å². The Hall–Kier alpha value is -0.330. The molecule has 3 nitrogen and oxygen atoms in total. The zero-order valence-electron chi connectivity index (χ0n) is 8.90. The summed E-state index contributed by atoms with van der Waals surface area (Å²) in [5, 5.41) is 0. The van der Waals surface area contributed by atoms with Gasteiger partial charge in [0.25, 0.3) is 0 Å². The van der Waals surface area contributed by atoms with Gasteiger partial charge in [-0.05, 0) is 7.05 Å². The van der Waals surface area contributed by atoms with E-state index in [1.54, 1.807) is 11.9 Å². The van der Waals surface area contributed by atoms with Crippen LogP contribution in [0.5, 0.6) is 0 Å². The summed E-state index contributed by atoms with van der Waals surface area (Å²) in [4.78, 5) is 1.67. The van der Waals surface area contributed by atoms with Gasteiger partial charge in [-0.25, -0.2) is 0 Å². The first-order valence-corrected chi connectivity index (χ1v) is 4.55. The molecular weight excluding hydrogens is 197 g/mol. The molecule has 14 heavy (non-hydrogen) atoms. The number of ether oxygens (including phenoxy) is 1. The lowest BCUT2D eigenvalue weighted by molar-refractivity contribution is -0.324. The van der Waals surface area contributed by atoms with Crippen molar-refractivity contribution >= 4 is 0 Å². The van der Waals surface area contributed by atoms with E-state index in [-0.39, 0.29) is 13.2 Å². The first-order chi connectivity index (χ1) is 6.45. The standard InChI is InChI=1S/C6H13F3N2O.C2H6/c1-11(3-2-10)4-5-12-6(7,8)9;1-2/h2-5,10H2,1H3;1-2H3. The van der Waals surface area contributed by atoms with Crippen LogP contribution in [0.1, 0.15) is 13.8 Å². The van der Waals surface area contributed by atoms with E-state index in [0.29, 0.717) is 13.1 Å². The number of likely N-dealkylation sites (N-methyl/N-ethyl adjacent to an activating group) is 1. The molecule has 0 spiro atoms. The molecule has 0 aromatic rings. The molecule has 0 aliphatic rings. The Labute approximate surface area is 83.0 Å². The third kappa shape index (κ3) is 14.2. The quantitative estimate of drug-likeness (QED) is 0.755. The number of hydrogen-bond acceptors (Lipinski definition) is 3. The number of nitrogens with two attached hydrogens (primary N) is 1. The molecule has 0 radical (unpaired) electrons. The van der Waals surface area contributed by atoms with Crippen LogP contribution < -0.4 is 5.73 Å². The highest BCUT2D eigenvalue weighted by molar-refractivity contribution is 4.50. The van der Waals surface area contributed by atoms with E-state index in [4.69, 9.17) is 5.73 Å². The second-order valence-corrected chi connectivity index (χ2v) is 2.39. The lowest BCUT2D eigenvalue weighted by Crippen LogP contribution is -2.30. The second-order valence-electron chi connectivity index (χ2n) is 2.39. The average molecular weight is 216 g/mol. The fraction of sp³-hybridized carbons (Fsp3) is 1.00. The molecule has 0 bridgehead atoms. The SMILES string of the molecule is CC.CN(CCN)CCOC(F)(F)F. The average Bonchev–Trinajstić information content (AvgIpc) is 2.06. The lowest BCUT2D eigenvalue weighted by Gasteiger charge is -2.15. The molecule has 0 aliphatic heterocycles. The third-order valence-electron chi connectivity index (χ3n) is 1.25. The van der Waals surface area contributed by atoms with Crippen molar-refractivity contribution < 1.29 is 17.9 Å². The Bertz CT molecular complexity index is 120. The van der Waals surface area contributed by atoms with Gasteiger partial charge in [-0.15, -0.1) is 13.2 Å². The summed E-state index contributed by atoms with van der Waals surface area (Å²) >= 11 is 0. The molecule has 0 saturated heterocycles. The minimum absolute atomic E-state index is 0.233. The zero-order valence-corrected chi connectivity index (χ0v) is 8.90. The Kier molecular flexibility index (Phi) is 10.6. The highest BCUT2D eigenvalue weighted by Crippen LogP contribution is 2.15. The summed E-state index contributed by atoms with van der Waals surface area (Å²) in [5.41, 5.74) is 5.18. The molecule has 6 heteroatoms. The first kappa shape index (κ1) is 16.1. The molecule has 0 atom stereocenters. The van der Waals surface area contributed by atoms with E-state index in [1.165, 1.54) is 0 Å². The maximum absolute atomic E-state index is 11.4. The largest absolute Gasteiger partial charge is 0.522 e. The van der Waals surface area contributed by atoms with E-state index in [9.17, 15) is 13.2 Å². The van der Waals surface area contributed by atoms with Crippen LogP contribution in [0.3, 0.4) is 0 Å². The van der Waals surface area contributed by atoms with Crippen LogP contribution in [-0.2, 0) is 4.74 Å². The van der Waals surface area contributed by atoms with Crippen LogP contribution in [0.4, 0.5) is 13.2 Å². The Morgan fingerprint density at radius 2 is 1.71 bits per heavy atom. The van der Waals surface area contributed by atoms with Crippen molar-refractivity contribution in [3.63, 3.8) is 0 Å². The van der Waals surface area contributed by atoms with Crippen molar-refractivity contribution in [1.82, 2.24) is 4.90 Å². The number of nitrogens with zero attached hydrogens (tertiary/aromatic N) is 1. The van der Waals surface area contributed by atoms with Gasteiger partial charge in [0, 0.05) is 19.6 Å². The summed E-state index contributed by atoms with van der Waals surface area (Å²) < 4.78 is 37.8. The van der Waals surface area contributed by atoms with Crippen LogP contribution in [0.2, 0.25) is 0 Å². The van der Waals surface area contributed by atoms with Crippen molar-refractivity contribution in [1.29, 1.82) is 0 Å². The van der Waals surface area contributed by atoms with Gasteiger partial charge < -0.3 is 10.6 Å². The van der Waals surface area contributed by atoms with Gasteiger partial charge in [0.1, 0.15) is 0 Å². The topological polar surface area (TPSA) is 38.5 Å². The summed E-state index contributed by atoms with van der Waals surface area (Å²) in [7, 11) is 1.69. The summed E-state index contributed by atoms with van der Waals surface area (Å²) in [6.07, 6.45) is -4.52. The van der Waals surface area contributed by atoms with Crippen molar-refractivity contribution in [3.8, 4) is 0 Å². The minimum atomic E-state index is -4.52. The van der Waals surface area contributed by atoms with E-state index in [0.717, 1.165) is 0 Å². The molecule has 0 unspecified atom stereocenters. The number of hydrogen-bond donors (Lipinski definition) is 1. The van der Waals surface area contributed by atoms with Crippen molar-refractivity contribution in [2.45, 2.75) is 20.2 Å². The van der Waals surface area contributed by atoms with Gasteiger partial charge in [-0.1, -0.05) is 13.8 Å². The lowest BCUT2D eigenvalue weighted by atomic mass is 10.5. The van der Waals surface area contributed by atoms with Gasteiger partial charge in [0.05, 0.1) is 6.61 Å². The van der Waals surface area contributed by atoms with Crippen molar-refractivity contribution in [2.24, 2.45) is 5.73 Å². The smallest absolute Gasteiger partial charge is 0.329 e. The number of alkyl halides is 3. The minimum Gasteiger partial charge on any atom is -0.329 e. The molecule has 0 fully saturated rings. The molecule has 0 aromatic carbocycles. The fourth-order valence-corrected chi connectivity index (χ4v) is 0.649. The van der Waals surface area contributed by atoms with Gasteiger partial charge in [-0.3, -0.25) is 4.74 Å². The maximum atomic E-state index is 11.4. The first-order valence-electron chi connectivity index (χ1n) is 4.55. The van der Waals surface area contributed by atoms with Crippen LogP contribution >= 0.6 is 0 Å². The second kappa shape index (κ2) is 9.23. The highest BCUT2D eigenvalue weighted by Gasteiger charge is 2.28. The zero-order chi connectivity index (χ0) is 11.6. The Balaban J connectivity index is 0. The summed E-state index contributed by atoms with van der Waals surface area (Å²) in [5.74, 6) is 0. The normalized spacial score (nSPS) is 11.1. The molecule has 0 rings (SSSR count). The third-order valence-corrected chi connectivity index (χ3v) is 1.25. The maximum Gasteiger partial charge on any atom is 0.522 e. The van der Waals surface area contributed by atoms with E-state index in [1.807, 2.05) is 13.8 Å². The molecule has 0 heterocycles. The van der Waals surface area contributed by atoms with Crippen molar-refractivity contribution in [3.05, 3.63) is 0 Å². The predicted octanol–water partition coefficient (Wildman–Crippen LogP) is 1.44. The fourth-order valence-electron chi connectivity index (χ4n) is 0.649. The van der Waals surface area contributed by atoms with E-state index < -0.39 is 6.36 Å². The highest BCUT2D eigenvalue weighted by atomic mass is 19.4. The molecule has 2 N–H and O–H groups in total. The van der Waals surface area contributed by atoms with Crippen LogP contribution in [0, 0.1) is 0 Å². The summed E-state index contributed by atoms with van der Waals surface area (Å²) in [6, 6.07) is 0. The van der Waals surface area contributed by atoms with Crippen LogP contribution in [0.25, 0.3) is 0 Å². The molecule has 0 amide bonds. The molecule has 0 saturated carbocycles. The van der Waals surface area contributed by atoms with Crippen LogP contribution in [-0.4, -0.2) is 44.6 Å². The predicted molar refractivity (Wildman–Crippen MR) is 49.9 cm³/mol. The molecule has 0 aliphatic carbocycles. The van der Waals surface area contributed by atoms with Crippen LogP contribution in [0.15, 0.2) is 0 Å². The van der Waals surface area contributed by atoms with E-state index in [2.05, 4.69) is 4.74 Å². The Morgan fingerprint density at radius 3 is 2.07 bits per heavy atom. The van der Waals surface area contributed by atoms with E-state index >= 15 is 0 Å². The van der Waals surface area contributed by atoms with Gasteiger partial charge in [0.2, 0.25) is 0 Å². The molecule has 88 valence electrons. The molecule has 0 aromatic heterocycles. The number of rotatable bonds is 5. The van der Waals surface area contributed by atoms with Gasteiger partial charge >= 0.3 is 6.36 Å². The molecular formula is C8H19F3N2O. The Morgan fingerprint density at radius 1 is 1.21 bits per heavy atom. The van der Waals surface area contributed by atoms with Crippen molar-refractivity contribution in [2.75, 3.05) is 33.3 Å². The monoisotopic (exact) mass is 216 g/mol. The van der Waals surface area contributed by atoms with Gasteiger partial charge in [0.15, 0.2) is 0 Å². The number of halogens is 3. The summed E-state index contributed by atoms with van der Waals surface area (Å²) in [6.45, 7) is 4.89.